The van der Waals surface area contributed by atoms with E-state index < -0.39 is 0 Å². The molecule has 0 aliphatic carbocycles. The number of rotatable bonds is 3. The topological polar surface area (TPSA) is 30.9 Å². The van der Waals surface area contributed by atoms with Crippen molar-refractivity contribution in [2.45, 2.75) is 6.04 Å². The molecule has 2 N–H and O–H groups in total. The summed E-state index contributed by atoms with van der Waals surface area (Å²) in [6.07, 6.45) is 3.70. The van der Waals surface area contributed by atoms with E-state index in [1.54, 1.807) is 12.1 Å². The lowest BCUT2D eigenvalue weighted by Gasteiger charge is -2.19. The maximum atomic E-state index is 13.7. The van der Waals surface area contributed by atoms with Crippen molar-refractivity contribution in [1.82, 2.24) is 4.57 Å². The standard InChI is InChI=1S/C12H12ClFN2/c13-9-4-3-5-10(14)12(9)11(8-15)16-6-1-2-7-16/h1-7,11H,8,15H2. The predicted octanol–water partition coefficient (Wildman–Crippen LogP) is 2.83. The zero-order valence-corrected chi connectivity index (χ0v) is 9.36. The van der Waals surface area contributed by atoms with Crippen molar-refractivity contribution in [3.8, 4) is 0 Å². The van der Waals surface area contributed by atoms with Crippen molar-refractivity contribution < 1.29 is 4.39 Å². The first-order valence-electron chi connectivity index (χ1n) is 5.00. The molecule has 0 fully saturated rings. The zero-order valence-electron chi connectivity index (χ0n) is 8.61. The Morgan fingerprint density at radius 3 is 2.50 bits per heavy atom. The number of nitrogens with two attached hydrogens (primary N) is 1. The Morgan fingerprint density at radius 2 is 1.94 bits per heavy atom. The molecule has 1 heterocycles. The van der Waals surface area contributed by atoms with Gasteiger partial charge in [-0.1, -0.05) is 17.7 Å². The molecular weight excluding hydrogens is 227 g/mol. The van der Waals surface area contributed by atoms with E-state index in [1.807, 2.05) is 29.1 Å². The molecule has 0 radical (unpaired) electrons. The minimum absolute atomic E-state index is 0.260. The van der Waals surface area contributed by atoms with E-state index >= 15 is 0 Å². The van der Waals surface area contributed by atoms with Crippen LogP contribution in [0.5, 0.6) is 0 Å². The van der Waals surface area contributed by atoms with Crippen LogP contribution in [0.3, 0.4) is 0 Å². The fourth-order valence-corrected chi connectivity index (χ4v) is 2.06. The molecule has 0 amide bonds. The predicted molar refractivity (Wildman–Crippen MR) is 63.0 cm³/mol. The largest absolute Gasteiger partial charge is 0.345 e. The lowest BCUT2D eigenvalue weighted by molar-refractivity contribution is 0.538. The number of halogens is 2. The lowest BCUT2D eigenvalue weighted by atomic mass is 10.1. The van der Waals surface area contributed by atoms with Gasteiger partial charge >= 0.3 is 0 Å². The molecule has 1 aromatic heterocycles. The molecule has 1 atom stereocenters. The minimum Gasteiger partial charge on any atom is -0.345 e. The second kappa shape index (κ2) is 4.68. The third-order valence-corrected chi connectivity index (χ3v) is 2.87. The number of aromatic nitrogens is 1. The van der Waals surface area contributed by atoms with Gasteiger partial charge in [-0.05, 0) is 24.3 Å². The molecule has 16 heavy (non-hydrogen) atoms. The summed E-state index contributed by atoms with van der Waals surface area (Å²) in [4.78, 5) is 0. The van der Waals surface area contributed by atoms with E-state index in [2.05, 4.69) is 0 Å². The summed E-state index contributed by atoms with van der Waals surface area (Å²) in [5, 5.41) is 0.407. The van der Waals surface area contributed by atoms with Crippen LogP contribution in [-0.2, 0) is 0 Å². The van der Waals surface area contributed by atoms with E-state index in [0.717, 1.165) is 0 Å². The van der Waals surface area contributed by atoms with Gasteiger partial charge in [0.2, 0.25) is 0 Å². The first-order valence-corrected chi connectivity index (χ1v) is 5.38. The van der Waals surface area contributed by atoms with Crippen LogP contribution in [0.4, 0.5) is 4.39 Å². The highest BCUT2D eigenvalue weighted by Crippen LogP contribution is 2.28. The summed E-state index contributed by atoms with van der Waals surface area (Å²) in [6.45, 7) is 0.301. The van der Waals surface area contributed by atoms with Gasteiger partial charge in [0, 0.05) is 29.5 Å². The summed E-state index contributed by atoms with van der Waals surface area (Å²) in [5.41, 5.74) is 6.13. The Balaban J connectivity index is 2.49. The average molecular weight is 239 g/mol. The summed E-state index contributed by atoms with van der Waals surface area (Å²) < 4.78 is 15.6. The summed E-state index contributed by atoms with van der Waals surface area (Å²) in [6, 6.07) is 8.14. The van der Waals surface area contributed by atoms with Crippen molar-refractivity contribution >= 4 is 11.6 Å². The molecule has 0 spiro atoms. The van der Waals surface area contributed by atoms with Crippen LogP contribution in [0.15, 0.2) is 42.7 Å². The van der Waals surface area contributed by atoms with Gasteiger partial charge in [-0.2, -0.15) is 0 Å². The van der Waals surface area contributed by atoms with Gasteiger partial charge in [0.15, 0.2) is 0 Å². The molecule has 2 nitrogen and oxygen atoms in total. The Kier molecular flexibility index (Phi) is 3.27. The first kappa shape index (κ1) is 11.2. The number of nitrogens with zero attached hydrogens (tertiary/aromatic N) is 1. The van der Waals surface area contributed by atoms with Crippen LogP contribution in [0.25, 0.3) is 0 Å². The summed E-state index contributed by atoms with van der Waals surface area (Å²) in [5.74, 6) is -0.323. The second-order valence-electron chi connectivity index (χ2n) is 3.52. The van der Waals surface area contributed by atoms with Gasteiger partial charge < -0.3 is 10.3 Å². The van der Waals surface area contributed by atoms with Gasteiger partial charge in [0.25, 0.3) is 0 Å². The molecule has 2 rings (SSSR count). The second-order valence-corrected chi connectivity index (χ2v) is 3.92. The molecular formula is C12H12ClFN2. The van der Waals surface area contributed by atoms with Gasteiger partial charge in [0.05, 0.1) is 6.04 Å². The molecule has 84 valence electrons. The molecule has 1 aromatic carbocycles. The highest BCUT2D eigenvalue weighted by Gasteiger charge is 2.18. The number of hydrogen-bond acceptors (Lipinski definition) is 1. The highest BCUT2D eigenvalue weighted by atomic mass is 35.5. The Hall–Kier alpha value is -1.32. The minimum atomic E-state index is -0.323. The van der Waals surface area contributed by atoms with Gasteiger partial charge in [0.1, 0.15) is 5.82 Å². The van der Waals surface area contributed by atoms with Crippen LogP contribution in [0.2, 0.25) is 5.02 Å². The van der Waals surface area contributed by atoms with Gasteiger partial charge in [-0.25, -0.2) is 4.39 Å². The first-order chi connectivity index (χ1) is 7.74. The van der Waals surface area contributed by atoms with E-state index in [9.17, 15) is 4.39 Å². The maximum absolute atomic E-state index is 13.7. The van der Waals surface area contributed by atoms with E-state index in [0.29, 0.717) is 17.1 Å². The fourth-order valence-electron chi connectivity index (χ4n) is 1.77. The van der Waals surface area contributed by atoms with Gasteiger partial charge in [-0.15, -0.1) is 0 Å². The molecule has 0 aliphatic rings. The molecule has 0 saturated heterocycles. The molecule has 2 aromatic rings. The van der Waals surface area contributed by atoms with Crippen LogP contribution < -0.4 is 5.73 Å². The quantitative estimate of drug-likeness (QED) is 0.876. The zero-order chi connectivity index (χ0) is 11.5. The number of benzene rings is 1. The third kappa shape index (κ3) is 1.96. The molecule has 0 saturated carbocycles. The Labute approximate surface area is 98.4 Å². The van der Waals surface area contributed by atoms with E-state index in [1.165, 1.54) is 6.07 Å². The Bertz CT molecular complexity index is 448. The lowest BCUT2D eigenvalue weighted by Crippen LogP contribution is -2.20. The normalized spacial score (nSPS) is 12.7. The molecule has 0 bridgehead atoms. The smallest absolute Gasteiger partial charge is 0.130 e. The highest BCUT2D eigenvalue weighted by molar-refractivity contribution is 6.31. The monoisotopic (exact) mass is 238 g/mol. The SMILES string of the molecule is NCC(c1c(F)cccc1Cl)n1cccc1. The summed E-state index contributed by atoms with van der Waals surface area (Å²) in [7, 11) is 0. The van der Waals surface area contributed by atoms with Crippen molar-refractivity contribution in [2.75, 3.05) is 6.54 Å². The van der Waals surface area contributed by atoms with Crippen LogP contribution in [-0.4, -0.2) is 11.1 Å². The summed E-state index contributed by atoms with van der Waals surface area (Å²) >= 11 is 6.01. The molecule has 0 aliphatic heterocycles. The fraction of sp³-hybridized carbons (Fsp3) is 0.167. The van der Waals surface area contributed by atoms with Crippen LogP contribution in [0.1, 0.15) is 11.6 Å². The van der Waals surface area contributed by atoms with Gasteiger partial charge in [-0.3, -0.25) is 0 Å². The van der Waals surface area contributed by atoms with Crippen LogP contribution in [0, 0.1) is 5.82 Å². The van der Waals surface area contributed by atoms with Crippen LogP contribution >= 0.6 is 11.6 Å². The molecule has 1 unspecified atom stereocenters. The Morgan fingerprint density at radius 1 is 1.25 bits per heavy atom. The maximum Gasteiger partial charge on any atom is 0.130 e. The average Bonchev–Trinajstić information content (AvgIpc) is 2.77. The van der Waals surface area contributed by atoms with Crippen molar-refractivity contribution in [2.24, 2.45) is 5.73 Å². The van der Waals surface area contributed by atoms with Crippen molar-refractivity contribution in [1.29, 1.82) is 0 Å². The van der Waals surface area contributed by atoms with E-state index in [-0.39, 0.29) is 11.9 Å². The van der Waals surface area contributed by atoms with E-state index in [4.69, 9.17) is 17.3 Å². The molecule has 4 heteroatoms. The van der Waals surface area contributed by atoms with Crippen molar-refractivity contribution in [3.63, 3.8) is 0 Å². The van der Waals surface area contributed by atoms with Crippen molar-refractivity contribution in [3.05, 3.63) is 59.1 Å². The number of hydrogen-bond donors (Lipinski definition) is 1. The third-order valence-electron chi connectivity index (χ3n) is 2.54.